The summed E-state index contributed by atoms with van der Waals surface area (Å²) in [6.07, 6.45) is -3.22. The molecule has 0 fully saturated rings. The largest absolute Gasteiger partial charge is 0.439 e. The van der Waals surface area contributed by atoms with Gasteiger partial charge in [0.15, 0.2) is 5.82 Å². The van der Waals surface area contributed by atoms with E-state index in [2.05, 4.69) is 25.0 Å². The molecule has 7 nitrogen and oxygen atoms in total. The highest BCUT2D eigenvalue weighted by Crippen LogP contribution is 2.31. The number of benzene rings is 2. The lowest BCUT2D eigenvalue weighted by atomic mass is 10.00. The number of alkyl halides is 3. The minimum absolute atomic E-state index is 0.151. The SMILES string of the molecule is O=C(NC(c1ccc(C(F)(F)F)cc1)c1ncccc1F)c1ccc(-c2noc(=O)[nH]2)cc1. The monoisotopic (exact) mass is 458 g/mol. The number of H-pyrrole nitrogens is 1. The molecule has 0 spiro atoms. The molecule has 2 N–H and O–H groups in total. The lowest BCUT2D eigenvalue weighted by Crippen LogP contribution is -2.30. The fourth-order valence-electron chi connectivity index (χ4n) is 3.13. The standard InChI is InChI=1S/C22H14F4N4O3/c23-16-2-1-11-27-18(16)17(12-7-9-15(10-8-12)22(24,25)26)28-20(31)14-5-3-13(4-6-14)19-29-21(32)33-30-19/h1-11,17H,(H,28,31)(H,29,30,32). The van der Waals surface area contributed by atoms with Gasteiger partial charge in [-0.05, 0) is 42.0 Å². The highest BCUT2D eigenvalue weighted by molar-refractivity contribution is 5.95. The molecule has 2 aromatic heterocycles. The van der Waals surface area contributed by atoms with Crippen molar-refractivity contribution < 1.29 is 26.9 Å². The third kappa shape index (κ3) is 4.81. The quantitative estimate of drug-likeness (QED) is 0.439. The van der Waals surface area contributed by atoms with Crippen molar-refractivity contribution in [3.05, 3.63) is 106 Å². The van der Waals surface area contributed by atoms with Gasteiger partial charge in [0.25, 0.3) is 5.91 Å². The van der Waals surface area contributed by atoms with E-state index in [4.69, 9.17) is 0 Å². The Kier molecular flexibility index (Phi) is 5.78. The first-order chi connectivity index (χ1) is 15.7. The molecule has 1 amide bonds. The van der Waals surface area contributed by atoms with Crippen LogP contribution in [-0.4, -0.2) is 21.0 Å². The van der Waals surface area contributed by atoms with Crippen molar-refractivity contribution in [3.63, 3.8) is 0 Å². The summed E-state index contributed by atoms with van der Waals surface area (Å²) in [5.41, 5.74) is -0.155. The Morgan fingerprint density at radius 2 is 1.73 bits per heavy atom. The van der Waals surface area contributed by atoms with Crippen molar-refractivity contribution in [2.45, 2.75) is 12.2 Å². The third-order valence-electron chi connectivity index (χ3n) is 4.77. The molecule has 2 aromatic carbocycles. The van der Waals surface area contributed by atoms with E-state index < -0.39 is 35.3 Å². The Bertz CT molecular complexity index is 1330. The van der Waals surface area contributed by atoms with Crippen LogP contribution in [0.3, 0.4) is 0 Å². The molecule has 0 aliphatic rings. The minimum atomic E-state index is -4.54. The molecule has 4 aromatic rings. The van der Waals surface area contributed by atoms with E-state index in [1.54, 1.807) is 0 Å². The maximum atomic E-state index is 14.5. The van der Waals surface area contributed by atoms with Gasteiger partial charge in [0.1, 0.15) is 11.5 Å². The van der Waals surface area contributed by atoms with E-state index in [9.17, 15) is 27.2 Å². The molecule has 4 rings (SSSR count). The van der Waals surface area contributed by atoms with Crippen LogP contribution in [0.1, 0.15) is 33.2 Å². The topological polar surface area (TPSA) is 101 Å². The molecule has 0 aliphatic carbocycles. The summed E-state index contributed by atoms with van der Waals surface area (Å²) in [7, 11) is 0. The predicted molar refractivity (Wildman–Crippen MR) is 108 cm³/mol. The fourth-order valence-corrected chi connectivity index (χ4v) is 3.13. The van der Waals surface area contributed by atoms with Gasteiger partial charge in [-0.3, -0.25) is 19.3 Å². The molecule has 2 heterocycles. The summed E-state index contributed by atoms with van der Waals surface area (Å²) >= 11 is 0. The van der Waals surface area contributed by atoms with Gasteiger partial charge in [-0.1, -0.05) is 29.4 Å². The van der Waals surface area contributed by atoms with Gasteiger partial charge in [0.2, 0.25) is 0 Å². The van der Waals surface area contributed by atoms with E-state index in [-0.39, 0.29) is 22.6 Å². The van der Waals surface area contributed by atoms with Crippen molar-refractivity contribution in [3.8, 4) is 11.4 Å². The predicted octanol–water partition coefficient (Wildman–Crippen LogP) is 4.10. The zero-order chi connectivity index (χ0) is 23.6. The first-order valence-corrected chi connectivity index (χ1v) is 9.47. The number of carbonyl (C=O) groups is 1. The normalized spacial score (nSPS) is 12.4. The van der Waals surface area contributed by atoms with Crippen LogP contribution in [0.25, 0.3) is 11.4 Å². The number of halogens is 4. The van der Waals surface area contributed by atoms with Crippen molar-refractivity contribution in [1.82, 2.24) is 20.4 Å². The van der Waals surface area contributed by atoms with Gasteiger partial charge in [-0.2, -0.15) is 13.2 Å². The summed E-state index contributed by atoms with van der Waals surface area (Å²) in [4.78, 5) is 30.3. The summed E-state index contributed by atoms with van der Waals surface area (Å²) in [6.45, 7) is 0. The summed E-state index contributed by atoms with van der Waals surface area (Å²) < 4.78 is 57.7. The second-order valence-corrected chi connectivity index (χ2v) is 6.92. The van der Waals surface area contributed by atoms with Crippen LogP contribution < -0.4 is 11.1 Å². The van der Waals surface area contributed by atoms with Gasteiger partial charge in [0, 0.05) is 17.3 Å². The maximum Gasteiger partial charge on any atom is 0.439 e. The van der Waals surface area contributed by atoms with Gasteiger partial charge in [-0.15, -0.1) is 0 Å². The van der Waals surface area contributed by atoms with Crippen molar-refractivity contribution >= 4 is 5.91 Å². The number of amides is 1. The summed E-state index contributed by atoms with van der Waals surface area (Å²) in [6, 6.07) is 11.3. The minimum Gasteiger partial charge on any atom is -0.339 e. The smallest absolute Gasteiger partial charge is 0.339 e. The molecule has 0 radical (unpaired) electrons. The number of hydrogen-bond acceptors (Lipinski definition) is 5. The number of nitrogens with one attached hydrogen (secondary N) is 2. The van der Waals surface area contributed by atoms with E-state index in [1.807, 2.05) is 0 Å². The zero-order valence-electron chi connectivity index (χ0n) is 16.6. The molecule has 1 atom stereocenters. The molecule has 1 unspecified atom stereocenters. The highest BCUT2D eigenvalue weighted by atomic mass is 19.4. The third-order valence-corrected chi connectivity index (χ3v) is 4.77. The Morgan fingerprint density at radius 3 is 2.30 bits per heavy atom. The molecular weight excluding hydrogens is 444 g/mol. The van der Waals surface area contributed by atoms with E-state index in [0.29, 0.717) is 5.56 Å². The maximum absolute atomic E-state index is 14.5. The first-order valence-electron chi connectivity index (χ1n) is 9.47. The van der Waals surface area contributed by atoms with Crippen LogP contribution in [-0.2, 0) is 6.18 Å². The van der Waals surface area contributed by atoms with Gasteiger partial charge in [0.05, 0.1) is 11.6 Å². The van der Waals surface area contributed by atoms with E-state index in [0.717, 1.165) is 30.3 Å². The summed E-state index contributed by atoms with van der Waals surface area (Å²) in [5, 5.41) is 6.16. The van der Waals surface area contributed by atoms with Crippen molar-refractivity contribution in [1.29, 1.82) is 0 Å². The van der Waals surface area contributed by atoms with Crippen LogP contribution >= 0.6 is 0 Å². The number of nitrogens with zero attached hydrogens (tertiary/aromatic N) is 2. The van der Waals surface area contributed by atoms with Crippen molar-refractivity contribution in [2.24, 2.45) is 0 Å². The number of aromatic nitrogens is 3. The Morgan fingerprint density at radius 1 is 1.03 bits per heavy atom. The molecule has 0 aliphatic heterocycles. The summed E-state index contributed by atoms with van der Waals surface area (Å²) in [5.74, 6) is -1.91. The van der Waals surface area contributed by atoms with E-state index >= 15 is 0 Å². The van der Waals surface area contributed by atoms with Gasteiger partial charge >= 0.3 is 11.9 Å². The molecule has 33 heavy (non-hydrogen) atoms. The second-order valence-electron chi connectivity index (χ2n) is 6.92. The molecule has 11 heteroatoms. The zero-order valence-corrected chi connectivity index (χ0v) is 16.6. The Hall–Kier alpha value is -4.28. The Balaban J connectivity index is 1.63. The molecule has 0 saturated carbocycles. The lowest BCUT2D eigenvalue weighted by molar-refractivity contribution is -0.137. The van der Waals surface area contributed by atoms with Crippen LogP contribution in [0.15, 0.2) is 76.2 Å². The van der Waals surface area contributed by atoms with Crippen LogP contribution in [0, 0.1) is 5.82 Å². The van der Waals surface area contributed by atoms with E-state index in [1.165, 1.54) is 36.5 Å². The molecular formula is C22H14F4N4O3. The number of hydrogen-bond donors (Lipinski definition) is 2. The van der Waals surface area contributed by atoms with Crippen LogP contribution in [0.5, 0.6) is 0 Å². The van der Waals surface area contributed by atoms with Crippen LogP contribution in [0.4, 0.5) is 17.6 Å². The number of pyridine rings is 1. The molecule has 0 bridgehead atoms. The lowest BCUT2D eigenvalue weighted by Gasteiger charge is -2.20. The molecule has 168 valence electrons. The first kappa shape index (κ1) is 21.9. The fraction of sp³-hybridized carbons (Fsp3) is 0.0909. The van der Waals surface area contributed by atoms with Crippen molar-refractivity contribution in [2.75, 3.05) is 0 Å². The van der Waals surface area contributed by atoms with Crippen LogP contribution in [0.2, 0.25) is 0 Å². The highest BCUT2D eigenvalue weighted by Gasteiger charge is 2.31. The number of carbonyl (C=O) groups excluding carboxylic acids is 1. The number of rotatable bonds is 5. The van der Waals surface area contributed by atoms with Gasteiger partial charge in [-0.25, -0.2) is 9.18 Å². The second kappa shape index (κ2) is 8.69. The molecule has 0 saturated heterocycles. The average Bonchev–Trinajstić information content (AvgIpc) is 3.24. The average molecular weight is 458 g/mol. The number of aromatic amines is 1. The van der Waals surface area contributed by atoms with Gasteiger partial charge < -0.3 is 5.32 Å². The Labute approximate surface area is 183 Å².